The van der Waals surface area contributed by atoms with Gasteiger partial charge in [0.05, 0.1) is 10.9 Å². The van der Waals surface area contributed by atoms with Crippen molar-refractivity contribution in [3.05, 3.63) is 40.4 Å². The Balaban J connectivity index is 1.97. The highest BCUT2D eigenvalue weighted by Gasteiger charge is 2.20. The van der Waals surface area contributed by atoms with Gasteiger partial charge in [-0.15, -0.1) is 0 Å². The monoisotopic (exact) mass is 271 g/mol. The Labute approximate surface area is 116 Å². The summed E-state index contributed by atoms with van der Waals surface area (Å²) in [4.78, 5) is 33.1. The molecule has 0 saturated carbocycles. The molecule has 0 unspecified atom stereocenters. The molecule has 20 heavy (non-hydrogen) atoms. The number of nitrogens with zero attached hydrogens (tertiary/aromatic N) is 2. The van der Waals surface area contributed by atoms with E-state index in [0.717, 1.165) is 38.8 Å². The maximum absolute atomic E-state index is 12.4. The van der Waals surface area contributed by atoms with E-state index in [0.29, 0.717) is 10.9 Å². The summed E-state index contributed by atoms with van der Waals surface area (Å²) in [7, 11) is 0. The van der Waals surface area contributed by atoms with E-state index >= 15 is 0 Å². The lowest BCUT2D eigenvalue weighted by Crippen LogP contribution is -2.34. The molecule has 1 saturated heterocycles. The molecule has 5 heteroatoms. The minimum Gasteiger partial charge on any atom is -0.336 e. The summed E-state index contributed by atoms with van der Waals surface area (Å²) in [6, 6.07) is 7.07. The second-order valence-corrected chi connectivity index (χ2v) is 5.14. The molecule has 1 N–H and O–H groups in total. The van der Waals surface area contributed by atoms with Crippen LogP contribution < -0.4 is 5.56 Å². The molecule has 1 aliphatic rings. The molecule has 0 spiro atoms. The maximum Gasteiger partial charge on any atom is 0.289 e. The van der Waals surface area contributed by atoms with Gasteiger partial charge in [0.25, 0.3) is 11.5 Å². The quantitative estimate of drug-likeness (QED) is 0.862. The molecule has 0 atom stereocenters. The Bertz CT molecular complexity index is 685. The number of carbonyl (C=O) groups excluding carboxylic acids is 1. The molecule has 0 bridgehead atoms. The van der Waals surface area contributed by atoms with Gasteiger partial charge in [-0.2, -0.15) is 0 Å². The third kappa shape index (κ3) is 2.43. The van der Waals surface area contributed by atoms with Crippen molar-refractivity contribution >= 4 is 16.8 Å². The molecule has 1 amide bonds. The van der Waals surface area contributed by atoms with Crippen molar-refractivity contribution in [1.82, 2.24) is 14.9 Å². The van der Waals surface area contributed by atoms with Crippen LogP contribution in [0.4, 0.5) is 0 Å². The van der Waals surface area contributed by atoms with E-state index in [-0.39, 0.29) is 17.3 Å². The van der Waals surface area contributed by atoms with Crippen LogP contribution in [0.2, 0.25) is 0 Å². The molecule has 2 aromatic rings. The molecule has 0 radical (unpaired) electrons. The van der Waals surface area contributed by atoms with Gasteiger partial charge in [0, 0.05) is 13.1 Å². The number of rotatable bonds is 1. The number of likely N-dealkylation sites (tertiary alicyclic amines) is 1. The molecule has 1 fully saturated rings. The Hall–Kier alpha value is -2.17. The van der Waals surface area contributed by atoms with E-state index in [2.05, 4.69) is 9.97 Å². The number of aromatic amines is 1. The highest BCUT2D eigenvalue weighted by Crippen LogP contribution is 2.12. The Morgan fingerprint density at radius 2 is 1.80 bits per heavy atom. The molecule has 3 rings (SSSR count). The number of nitrogens with one attached hydrogen (secondary N) is 1. The first kappa shape index (κ1) is 12.8. The van der Waals surface area contributed by atoms with Crippen LogP contribution in [0.15, 0.2) is 29.1 Å². The van der Waals surface area contributed by atoms with Crippen molar-refractivity contribution in [2.45, 2.75) is 25.7 Å². The lowest BCUT2D eigenvalue weighted by molar-refractivity contribution is 0.0749. The van der Waals surface area contributed by atoms with E-state index in [1.54, 1.807) is 23.1 Å². The first-order chi connectivity index (χ1) is 9.75. The van der Waals surface area contributed by atoms with E-state index in [4.69, 9.17) is 0 Å². The van der Waals surface area contributed by atoms with Gasteiger partial charge in [0.2, 0.25) is 0 Å². The number of hydrogen-bond acceptors (Lipinski definition) is 3. The topological polar surface area (TPSA) is 66.1 Å². The van der Waals surface area contributed by atoms with Crippen molar-refractivity contribution in [2.75, 3.05) is 13.1 Å². The van der Waals surface area contributed by atoms with Crippen molar-refractivity contribution in [2.24, 2.45) is 0 Å². The Morgan fingerprint density at radius 1 is 1.10 bits per heavy atom. The number of H-pyrrole nitrogens is 1. The Morgan fingerprint density at radius 3 is 2.55 bits per heavy atom. The van der Waals surface area contributed by atoms with Gasteiger partial charge < -0.3 is 9.88 Å². The molecule has 2 heterocycles. The lowest BCUT2D eigenvalue weighted by Gasteiger charge is -2.19. The van der Waals surface area contributed by atoms with Gasteiger partial charge in [-0.3, -0.25) is 9.59 Å². The lowest BCUT2D eigenvalue weighted by atomic mass is 10.2. The summed E-state index contributed by atoms with van der Waals surface area (Å²) >= 11 is 0. The predicted octanol–water partition coefficient (Wildman–Crippen LogP) is 1.94. The van der Waals surface area contributed by atoms with Crippen LogP contribution in [0.3, 0.4) is 0 Å². The minimum atomic E-state index is -0.256. The van der Waals surface area contributed by atoms with E-state index in [1.807, 2.05) is 6.07 Å². The van der Waals surface area contributed by atoms with Crippen LogP contribution in [0.1, 0.15) is 36.3 Å². The molecular formula is C15H17N3O2. The fraction of sp³-hybridized carbons (Fsp3) is 0.400. The predicted molar refractivity (Wildman–Crippen MR) is 76.7 cm³/mol. The number of carbonyl (C=O) groups is 1. The zero-order valence-electron chi connectivity index (χ0n) is 11.3. The average molecular weight is 271 g/mol. The first-order valence-corrected chi connectivity index (χ1v) is 7.04. The smallest absolute Gasteiger partial charge is 0.289 e. The fourth-order valence-electron chi connectivity index (χ4n) is 2.61. The molecule has 1 aromatic carbocycles. The first-order valence-electron chi connectivity index (χ1n) is 7.04. The number of amides is 1. The van der Waals surface area contributed by atoms with E-state index in [1.165, 1.54) is 0 Å². The van der Waals surface area contributed by atoms with Gasteiger partial charge >= 0.3 is 0 Å². The molecule has 5 nitrogen and oxygen atoms in total. The average Bonchev–Trinajstić information content (AvgIpc) is 2.75. The summed E-state index contributed by atoms with van der Waals surface area (Å²) in [6.45, 7) is 1.49. The van der Waals surface area contributed by atoms with Crippen molar-refractivity contribution < 1.29 is 4.79 Å². The number of benzene rings is 1. The van der Waals surface area contributed by atoms with Crippen LogP contribution in [0, 0.1) is 0 Å². The van der Waals surface area contributed by atoms with Gasteiger partial charge in [-0.05, 0) is 25.0 Å². The molecule has 1 aliphatic heterocycles. The Kier molecular flexibility index (Phi) is 3.50. The van der Waals surface area contributed by atoms with Crippen LogP contribution in [-0.2, 0) is 0 Å². The standard InChI is InChI=1S/C15H17N3O2/c19-14-11-7-3-4-8-12(11)16-13(17-14)15(20)18-9-5-1-2-6-10-18/h3-4,7-8H,1-2,5-6,9-10H2,(H,16,17,19). The minimum absolute atomic E-state index is 0.149. The zero-order chi connectivity index (χ0) is 13.9. The highest BCUT2D eigenvalue weighted by molar-refractivity contribution is 5.92. The summed E-state index contributed by atoms with van der Waals surface area (Å²) < 4.78 is 0. The summed E-state index contributed by atoms with van der Waals surface area (Å²) in [6.07, 6.45) is 4.35. The second kappa shape index (κ2) is 5.45. The van der Waals surface area contributed by atoms with E-state index < -0.39 is 0 Å². The van der Waals surface area contributed by atoms with Crippen LogP contribution >= 0.6 is 0 Å². The highest BCUT2D eigenvalue weighted by atomic mass is 16.2. The molecule has 1 aromatic heterocycles. The summed E-state index contributed by atoms with van der Waals surface area (Å²) in [5.41, 5.74) is 0.309. The zero-order valence-corrected chi connectivity index (χ0v) is 11.3. The normalized spacial score (nSPS) is 16.1. The fourth-order valence-corrected chi connectivity index (χ4v) is 2.61. The largest absolute Gasteiger partial charge is 0.336 e. The number of para-hydroxylation sites is 1. The van der Waals surface area contributed by atoms with Crippen molar-refractivity contribution in [1.29, 1.82) is 0 Å². The number of aromatic nitrogens is 2. The molecule has 104 valence electrons. The maximum atomic E-state index is 12.4. The number of fused-ring (bicyclic) bond motifs is 1. The number of hydrogen-bond donors (Lipinski definition) is 1. The molecular weight excluding hydrogens is 254 g/mol. The van der Waals surface area contributed by atoms with E-state index in [9.17, 15) is 9.59 Å². The molecule has 0 aliphatic carbocycles. The van der Waals surface area contributed by atoms with Gasteiger partial charge in [0.1, 0.15) is 0 Å². The summed E-state index contributed by atoms with van der Waals surface area (Å²) in [5, 5.41) is 0.514. The summed E-state index contributed by atoms with van der Waals surface area (Å²) in [5.74, 6) is -0.0228. The van der Waals surface area contributed by atoms with Gasteiger partial charge in [-0.1, -0.05) is 25.0 Å². The second-order valence-electron chi connectivity index (χ2n) is 5.14. The van der Waals surface area contributed by atoms with Crippen LogP contribution in [-0.4, -0.2) is 33.9 Å². The van der Waals surface area contributed by atoms with Crippen LogP contribution in [0.25, 0.3) is 10.9 Å². The van der Waals surface area contributed by atoms with Gasteiger partial charge in [0.15, 0.2) is 5.82 Å². The van der Waals surface area contributed by atoms with Crippen molar-refractivity contribution in [3.8, 4) is 0 Å². The van der Waals surface area contributed by atoms with Gasteiger partial charge in [-0.25, -0.2) is 4.98 Å². The van der Waals surface area contributed by atoms with Crippen LogP contribution in [0.5, 0.6) is 0 Å². The van der Waals surface area contributed by atoms with Crippen molar-refractivity contribution in [3.63, 3.8) is 0 Å². The SMILES string of the molecule is O=C(c1nc2ccccc2c(=O)[nH]1)N1CCCCCC1. The third-order valence-electron chi connectivity index (χ3n) is 3.71. The third-order valence-corrected chi connectivity index (χ3v) is 3.71.